The summed E-state index contributed by atoms with van der Waals surface area (Å²) >= 11 is 3.53. The van der Waals surface area contributed by atoms with Crippen LogP contribution in [0.4, 0.5) is 0 Å². The molecule has 2 heterocycles. The Kier molecular flexibility index (Phi) is 5.90. The third kappa shape index (κ3) is 3.98. The topological polar surface area (TPSA) is 54.1 Å². The van der Waals surface area contributed by atoms with E-state index >= 15 is 0 Å². The molecule has 2 aromatic heterocycles. The van der Waals surface area contributed by atoms with Crippen LogP contribution in [0.5, 0.6) is 11.6 Å². The van der Waals surface area contributed by atoms with E-state index in [-0.39, 0.29) is 0 Å². The van der Waals surface area contributed by atoms with Gasteiger partial charge in [0.15, 0.2) is 0 Å². The van der Waals surface area contributed by atoms with Crippen LogP contribution in [0.1, 0.15) is 12.0 Å². The normalized spacial score (nSPS) is 11.0. The number of hydrogen-bond donors (Lipinski definition) is 0. The Morgan fingerprint density at radius 2 is 1.87 bits per heavy atom. The van der Waals surface area contributed by atoms with Crippen LogP contribution < -0.4 is 9.47 Å². The second-order valence-electron chi connectivity index (χ2n) is 6.93. The standard InChI is InChI=1S/C23H23BrN4O2/c1-4-16-8-5-6-9-21(16)29-12-7-13-30-23-19(15-25-28(23)3)17-10-11-20-18(14-17)22(24)26-27(20)2/h4-6,8-11,14-15H,1,7,12-13H2,2-3H3. The summed E-state index contributed by atoms with van der Waals surface area (Å²) in [5.74, 6) is 1.57. The van der Waals surface area contributed by atoms with Crippen LogP contribution in [-0.2, 0) is 14.1 Å². The number of ether oxygens (including phenoxy) is 2. The Morgan fingerprint density at radius 3 is 2.70 bits per heavy atom. The number of aromatic nitrogens is 4. The first kappa shape index (κ1) is 20.2. The van der Waals surface area contributed by atoms with Crippen molar-refractivity contribution in [2.75, 3.05) is 13.2 Å². The van der Waals surface area contributed by atoms with Crippen LogP contribution in [0, 0.1) is 0 Å². The second-order valence-corrected chi connectivity index (χ2v) is 7.68. The van der Waals surface area contributed by atoms with Crippen LogP contribution in [0.25, 0.3) is 28.1 Å². The molecule has 0 spiro atoms. The Morgan fingerprint density at radius 1 is 1.07 bits per heavy atom. The van der Waals surface area contributed by atoms with Crippen LogP contribution >= 0.6 is 15.9 Å². The predicted molar refractivity (Wildman–Crippen MR) is 123 cm³/mol. The van der Waals surface area contributed by atoms with Crippen molar-refractivity contribution in [1.82, 2.24) is 19.6 Å². The highest BCUT2D eigenvalue weighted by atomic mass is 79.9. The fourth-order valence-corrected chi connectivity index (χ4v) is 3.93. The van der Waals surface area contributed by atoms with Crippen LogP contribution in [0.15, 0.2) is 59.8 Å². The van der Waals surface area contributed by atoms with E-state index < -0.39 is 0 Å². The van der Waals surface area contributed by atoms with Crippen molar-refractivity contribution >= 4 is 32.9 Å². The molecular formula is C23H23BrN4O2. The lowest BCUT2D eigenvalue weighted by Gasteiger charge is -2.11. The maximum atomic E-state index is 6.07. The van der Waals surface area contributed by atoms with Crippen molar-refractivity contribution in [2.45, 2.75) is 6.42 Å². The first-order valence-corrected chi connectivity index (χ1v) is 10.5. The molecule has 4 rings (SSSR count). The minimum absolute atomic E-state index is 0.529. The summed E-state index contributed by atoms with van der Waals surface area (Å²) < 4.78 is 16.4. The van der Waals surface area contributed by atoms with Gasteiger partial charge in [-0.05, 0) is 39.7 Å². The molecular weight excluding hydrogens is 444 g/mol. The van der Waals surface area contributed by atoms with Gasteiger partial charge in [-0.2, -0.15) is 10.2 Å². The Hall–Kier alpha value is -3.06. The van der Waals surface area contributed by atoms with Crippen molar-refractivity contribution < 1.29 is 9.47 Å². The maximum absolute atomic E-state index is 6.07. The summed E-state index contributed by atoms with van der Waals surface area (Å²) in [6.45, 7) is 4.91. The maximum Gasteiger partial charge on any atom is 0.219 e. The molecule has 0 unspecified atom stereocenters. The molecule has 0 saturated heterocycles. The molecule has 154 valence electrons. The van der Waals surface area contributed by atoms with Gasteiger partial charge in [0.05, 0.1) is 30.5 Å². The summed E-state index contributed by atoms with van der Waals surface area (Å²) in [5.41, 5.74) is 4.04. The average molecular weight is 467 g/mol. The van der Waals surface area contributed by atoms with Gasteiger partial charge in [-0.1, -0.05) is 36.9 Å². The Balaban J connectivity index is 1.43. The summed E-state index contributed by atoms with van der Waals surface area (Å²) in [6, 6.07) is 14.1. The van der Waals surface area contributed by atoms with E-state index in [4.69, 9.17) is 9.47 Å². The zero-order valence-corrected chi connectivity index (χ0v) is 18.6. The molecule has 2 aromatic carbocycles. The molecule has 0 fully saturated rings. The highest BCUT2D eigenvalue weighted by Gasteiger charge is 2.15. The van der Waals surface area contributed by atoms with E-state index in [1.54, 1.807) is 10.8 Å². The molecule has 0 bridgehead atoms. The van der Waals surface area contributed by atoms with Gasteiger partial charge in [-0.15, -0.1) is 0 Å². The van der Waals surface area contributed by atoms with Gasteiger partial charge in [-0.25, -0.2) is 4.68 Å². The summed E-state index contributed by atoms with van der Waals surface area (Å²) in [6.07, 6.45) is 4.38. The molecule has 6 nitrogen and oxygen atoms in total. The number of halogens is 1. The number of aryl methyl sites for hydroxylation is 2. The number of benzene rings is 2. The van der Waals surface area contributed by atoms with Gasteiger partial charge in [0, 0.05) is 31.5 Å². The zero-order chi connectivity index (χ0) is 21.1. The average Bonchev–Trinajstić information content (AvgIpc) is 3.26. The number of hydrogen-bond acceptors (Lipinski definition) is 4. The molecule has 0 atom stereocenters. The Labute approximate surface area is 183 Å². The molecule has 0 aliphatic heterocycles. The first-order chi connectivity index (χ1) is 14.6. The number of rotatable bonds is 8. The summed E-state index contributed by atoms with van der Waals surface area (Å²) in [5, 5.41) is 9.86. The molecule has 30 heavy (non-hydrogen) atoms. The van der Waals surface area contributed by atoms with Gasteiger partial charge in [0.1, 0.15) is 10.4 Å². The van der Waals surface area contributed by atoms with E-state index in [2.05, 4.69) is 50.9 Å². The van der Waals surface area contributed by atoms with E-state index in [1.165, 1.54) is 0 Å². The molecule has 0 saturated carbocycles. The van der Waals surface area contributed by atoms with E-state index in [0.29, 0.717) is 13.2 Å². The quantitative estimate of drug-likeness (QED) is 0.333. The Bertz CT molecular complexity index is 1200. The van der Waals surface area contributed by atoms with Crippen LogP contribution in [0.3, 0.4) is 0 Å². The lowest BCUT2D eigenvalue weighted by molar-refractivity contribution is 0.236. The molecule has 4 aromatic rings. The third-order valence-corrected chi connectivity index (χ3v) is 5.51. The minimum atomic E-state index is 0.529. The number of nitrogens with zero attached hydrogens (tertiary/aromatic N) is 4. The highest BCUT2D eigenvalue weighted by Crippen LogP contribution is 2.33. The number of fused-ring (bicyclic) bond motifs is 1. The van der Waals surface area contributed by atoms with Crippen LogP contribution in [-0.4, -0.2) is 32.8 Å². The van der Waals surface area contributed by atoms with E-state index in [0.717, 1.165) is 50.2 Å². The van der Waals surface area contributed by atoms with Crippen molar-refractivity contribution in [2.24, 2.45) is 14.1 Å². The summed E-state index contributed by atoms with van der Waals surface area (Å²) in [7, 11) is 3.81. The minimum Gasteiger partial charge on any atom is -0.493 e. The van der Waals surface area contributed by atoms with Gasteiger partial charge in [-0.3, -0.25) is 4.68 Å². The van der Waals surface area contributed by atoms with Gasteiger partial charge in [0.25, 0.3) is 0 Å². The van der Waals surface area contributed by atoms with E-state index in [9.17, 15) is 0 Å². The molecule has 0 radical (unpaired) electrons. The van der Waals surface area contributed by atoms with Crippen molar-refractivity contribution in [1.29, 1.82) is 0 Å². The molecule has 0 amide bonds. The largest absolute Gasteiger partial charge is 0.493 e. The second kappa shape index (κ2) is 8.75. The molecule has 7 heteroatoms. The van der Waals surface area contributed by atoms with Gasteiger partial charge < -0.3 is 9.47 Å². The van der Waals surface area contributed by atoms with Crippen molar-refractivity contribution in [3.05, 3.63) is 65.4 Å². The van der Waals surface area contributed by atoms with E-state index in [1.807, 2.05) is 49.2 Å². The molecule has 0 aliphatic carbocycles. The number of para-hydroxylation sites is 1. The molecule has 0 N–H and O–H groups in total. The monoisotopic (exact) mass is 466 g/mol. The van der Waals surface area contributed by atoms with Gasteiger partial charge >= 0.3 is 0 Å². The zero-order valence-electron chi connectivity index (χ0n) is 17.0. The van der Waals surface area contributed by atoms with Gasteiger partial charge in [0.2, 0.25) is 5.88 Å². The SMILES string of the molecule is C=Cc1ccccc1OCCCOc1c(-c2ccc3c(c2)c(Br)nn3C)cnn1C. The fraction of sp³-hybridized carbons (Fsp3) is 0.217. The van der Waals surface area contributed by atoms with Crippen molar-refractivity contribution in [3.8, 4) is 22.8 Å². The smallest absolute Gasteiger partial charge is 0.219 e. The summed E-state index contributed by atoms with van der Waals surface area (Å²) in [4.78, 5) is 0. The van der Waals surface area contributed by atoms with Crippen molar-refractivity contribution in [3.63, 3.8) is 0 Å². The fourth-order valence-electron chi connectivity index (χ4n) is 3.38. The third-order valence-electron chi connectivity index (χ3n) is 4.92. The predicted octanol–water partition coefficient (Wildman–Crippen LogP) is 5.23. The van der Waals surface area contributed by atoms with Crippen LogP contribution in [0.2, 0.25) is 0 Å². The lowest BCUT2D eigenvalue weighted by Crippen LogP contribution is -2.08. The lowest BCUT2D eigenvalue weighted by atomic mass is 10.1. The first-order valence-electron chi connectivity index (χ1n) is 9.70. The molecule has 0 aliphatic rings. The highest BCUT2D eigenvalue weighted by molar-refractivity contribution is 9.10.